The minimum absolute atomic E-state index is 0.295. The van der Waals surface area contributed by atoms with Crippen LogP contribution in [0.3, 0.4) is 0 Å². The van der Waals surface area contributed by atoms with Gasteiger partial charge in [0.1, 0.15) is 4.88 Å². The maximum absolute atomic E-state index is 12.9. The Morgan fingerprint density at radius 3 is 2.77 bits per heavy atom. The van der Waals surface area contributed by atoms with Crippen LogP contribution in [0.25, 0.3) is 0 Å². The molecule has 9 heteroatoms. The quantitative estimate of drug-likeness (QED) is 0.792. The number of aromatic nitrogens is 2. The Balaban J connectivity index is 2.03. The maximum Gasteiger partial charge on any atom is 0.416 e. The molecule has 0 fully saturated rings. The number of fused-ring (bicyclic) bond motifs is 1. The van der Waals surface area contributed by atoms with Crippen molar-refractivity contribution in [2.24, 2.45) is 0 Å². The fraction of sp³-hybridized carbons (Fsp3) is 0.308. The number of hydrogen-bond acceptors (Lipinski definition) is 5. The SMILES string of the molecule is Cc1nnsc1C(=O)N1CCSc2ccc(C(F)(F)F)cc21. The topological polar surface area (TPSA) is 46.1 Å². The summed E-state index contributed by atoms with van der Waals surface area (Å²) >= 11 is 2.40. The molecule has 1 aromatic heterocycles. The zero-order valence-electron chi connectivity index (χ0n) is 11.3. The summed E-state index contributed by atoms with van der Waals surface area (Å²) in [6, 6.07) is 3.49. The van der Waals surface area contributed by atoms with E-state index in [0.717, 1.165) is 23.7 Å². The van der Waals surface area contributed by atoms with Gasteiger partial charge in [-0.2, -0.15) is 13.2 Å². The molecule has 0 bridgehead atoms. The van der Waals surface area contributed by atoms with Crippen LogP contribution in [0.15, 0.2) is 23.1 Å². The van der Waals surface area contributed by atoms with E-state index in [2.05, 4.69) is 9.59 Å². The minimum Gasteiger partial charge on any atom is -0.306 e. The summed E-state index contributed by atoms with van der Waals surface area (Å²) in [5, 5.41) is 3.78. The van der Waals surface area contributed by atoms with Gasteiger partial charge in [-0.05, 0) is 36.7 Å². The van der Waals surface area contributed by atoms with E-state index in [4.69, 9.17) is 0 Å². The molecule has 2 aromatic rings. The normalized spacial score (nSPS) is 14.8. The number of halogens is 3. The van der Waals surface area contributed by atoms with Crippen LogP contribution in [0.2, 0.25) is 0 Å². The van der Waals surface area contributed by atoms with Gasteiger partial charge in [-0.15, -0.1) is 16.9 Å². The standard InChI is InChI=1S/C13H10F3N3OS2/c1-7-11(22-18-17-7)12(20)19-4-5-21-10-3-2-8(6-9(10)19)13(14,15)16/h2-3,6H,4-5H2,1H3. The number of amides is 1. The summed E-state index contributed by atoms with van der Waals surface area (Å²) in [5.41, 5.74) is 0.0244. The maximum atomic E-state index is 12.9. The summed E-state index contributed by atoms with van der Waals surface area (Å²) in [4.78, 5) is 15.0. The lowest BCUT2D eigenvalue weighted by Gasteiger charge is -2.29. The molecular formula is C13H10F3N3OS2. The van der Waals surface area contributed by atoms with Crippen LogP contribution in [0.4, 0.5) is 18.9 Å². The lowest BCUT2D eigenvalue weighted by atomic mass is 10.1. The fourth-order valence-corrected chi connectivity index (χ4v) is 3.74. The molecular weight excluding hydrogens is 335 g/mol. The molecule has 0 unspecified atom stereocenters. The van der Waals surface area contributed by atoms with Crippen molar-refractivity contribution in [3.8, 4) is 0 Å². The number of benzene rings is 1. The van der Waals surface area contributed by atoms with E-state index >= 15 is 0 Å². The van der Waals surface area contributed by atoms with Crippen molar-refractivity contribution in [1.82, 2.24) is 9.59 Å². The molecule has 3 rings (SSSR count). The van der Waals surface area contributed by atoms with Crippen LogP contribution < -0.4 is 4.90 Å². The molecule has 0 saturated heterocycles. The van der Waals surface area contributed by atoms with Gasteiger partial charge in [0.05, 0.1) is 16.9 Å². The average Bonchev–Trinajstić information content (AvgIpc) is 2.90. The number of nitrogens with zero attached hydrogens (tertiary/aromatic N) is 3. The molecule has 0 atom stereocenters. The lowest BCUT2D eigenvalue weighted by molar-refractivity contribution is -0.137. The zero-order chi connectivity index (χ0) is 15.9. The molecule has 1 amide bonds. The number of rotatable bonds is 1. The average molecular weight is 345 g/mol. The zero-order valence-corrected chi connectivity index (χ0v) is 13.0. The highest BCUT2D eigenvalue weighted by molar-refractivity contribution is 7.99. The molecule has 0 radical (unpaired) electrons. The third kappa shape index (κ3) is 2.70. The van der Waals surface area contributed by atoms with Crippen LogP contribution in [0.5, 0.6) is 0 Å². The van der Waals surface area contributed by atoms with Crippen molar-refractivity contribution in [1.29, 1.82) is 0 Å². The number of aryl methyl sites for hydroxylation is 1. The molecule has 1 aliphatic rings. The second-order valence-electron chi connectivity index (χ2n) is 4.67. The number of alkyl halides is 3. The molecule has 1 aliphatic heterocycles. The molecule has 4 nitrogen and oxygen atoms in total. The second-order valence-corrected chi connectivity index (χ2v) is 6.56. The van der Waals surface area contributed by atoms with Gasteiger partial charge in [-0.1, -0.05) is 4.49 Å². The number of carbonyl (C=O) groups excluding carboxylic acids is 1. The predicted molar refractivity (Wildman–Crippen MR) is 78.5 cm³/mol. The Bertz CT molecular complexity index is 730. The van der Waals surface area contributed by atoms with Gasteiger partial charge >= 0.3 is 6.18 Å². The summed E-state index contributed by atoms with van der Waals surface area (Å²) in [6.45, 7) is 2.01. The molecule has 0 aliphatic carbocycles. The highest BCUT2D eigenvalue weighted by Crippen LogP contribution is 2.40. The van der Waals surface area contributed by atoms with Gasteiger partial charge in [-0.25, -0.2) is 0 Å². The molecule has 0 N–H and O–H groups in total. The van der Waals surface area contributed by atoms with Crippen molar-refractivity contribution in [3.63, 3.8) is 0 Å². The Labute approximate surface area is 132 Å². The van der Waals surface area contributed by atoms with Crippen LogP contribution in [-0.2, 0) is 6.18 Å². The number of carbonyl (C=O) groups is 1. The highest BCUT2D eigenvalue weighted by atomic mass is 32.2. The van der Waals surface area contributed by atoms with Gasteiger partial charge in [-0.3, -0.25) is 4.79 Å². The smallest absolute Gasteiger partial charge is 0.306 e. The van der Waals surface area contributed by atoms with E-state index in [0.29, 0.717) is 33.5 Å². The van der Waals surface area contributed by atoms with E-state index in [-0.39, 0.29) is 5.91 Å². The summed E-state index contributed by atoms with van der Waals surface area (Å²) in [6.07, 6.45) is -4.44. The summed E-state index contributed by atoms with van der Waals surface area (Å²) in [7, 11) is 0. The molecule has 0 spiro atoms. The first-order chi connectivity index (χ1) is 10.4. The number of hydrogen-bond donors (Lipinski definition) is 0. The Kier molecular flexibility index (Phi) is 3.85. The van der Waals surface area contributed by atoms with Gasteiger partial charge in [0, 0.05) is 17.2 Å². The van der Waals surface area contributed by atoms with Crippen LogP contribution in [0.1, 0.15) is 20.9 Å². The number of thioether (sulfide) groups is 1. The Morgan fingerprint density at radius 1 is 1.36 bits per heavy atom. The van der Waals surface area contributed by atoms with Crippen molar-refractivity contribution in [3.05, 3.63) is 34.3 Å². The minimum atomic E-state index is -4.44. The molecule has 2 heterocycles. The van der Waals surface area contributed by atoms with E-state index in [1.54, 1.807) is 6.92 Å². The van der Waals surface area contributed by atoms with E-state index in [1.807, 2.05) is 0 Å². The summed E-state index contributed by atoms with van der Waals surface area (Å²) in [5.74, 6) is 0.281. The van der Waals surface area contributed by atoms with Gasteiger partial charge in [0.25, 0.3) is 5.91 Å². The van der Waals surface area contributed by atoms with E-state index in [9.17, 15) is 18.0 Å². The van der Waals surface area contributed by atoms with Crippen LogP contribution in [0, 0.1) is 6.92 Å². The fourth-order valence-electron chi connectivity index (χ4n) is 2.16. The largest absolute Gasteiger partial charge is 0.416 e. The highest BCUT2D eigenvalue weighted by Gasteiger charge is 2.34. The van der Waals surface area contributed by atoms with Crippen LogP contribution in [-0.4, -0.2) is 27.8 Å². The Morgan fingerprint density at radius 2 is 2.14 bits per heavy atom. The van der Waals surface area contributed by atoms with Gasteiger partial charge in [0.2, 0.25) is 0 Å². The second kappa shape index (κ2) is 5.54. The first kappa shape index (κ1) is 15.3. The first-order valence-electron chi connectivity index (χ1n) is 6.33. The molecule has 1 aromatic carbocycles. The van der Waals surface area contributed by atoms with Crippen molar-refractivity contribution in [2.75, 3.05) is 17.2 Å². The van der Waals surface area contributed by atoms with Gasteiger partial charge < -0.3 is 4.90 Å². The third-order valence-corrected chi connectivity index (χ3v) is 5.10. The van der Waals surface area contributed by atoms with Crippen molar-refractivity contribution < 1.29 is 18.0 Å². The molecule has 22 heavy (non-hydrogen) atoms. The van der Waals surface area contributed by atoms with Crippen molar-refractivity contribution >= 4 is 34.9 Å². The van der Waals surface area contributed by atoms with E-state index in [1.165, 1.54) is 22.7 Å². The van der Waals surface area contributed by atoms with Crippen LogP contribution >= 0.6 is 23.3 Å². The predicted octanol–water partition coefficient (Wildman–Crippen LogP) is 3.62. The lowest BCUT2D eigenvalue weighted by Crippen LogP contribution is -2.35. The molecule has 0 saturated carbocycles. The monoisotopic (exact) mass is 345 g/mol. The van der Waals surface area contributed by atoms with Crippen molar-refractivity contribution in [2.45, 2.75) is 18.0 Å². The summed E-state index contributed by atoms with van der Waals surface area (Å²) < 4.78 is 42.4. The number of anilines is 1. The molecule has 116 valence electrons. The van der Waals surface area contributed by atoms with E-state index < -0.39 is 11.7 Å². The third-order valence-electron chi connectivity index (χ3n) is 3.24. The Hall–Kier alpha value is -1.61. The first-order valence-corrected chi connectivity index (χ1v) is 8.08. The van der Waals surface area contributed by atoms with Gasteiger partial charge in [0.15, 0.2) is 0 Å².